The molecule has 1 amide bonds. The lowest BCUT2D eigenvalue weighted by Crippen LogP contribution is -2.39. The molecule has 0 fully saturated rings. The monoisotopic (exact) mass is 141 g/mol. The second-order valence-electron chi connectivity index (χ2n) is 2.24. The number of hydrogen-bond acceptors (Lipinski definition) is 3. The largest absolute Gasteiger partial charge is 0.286 e. The van der Waals surface area contributed by atoms with Crippen LogP contribution in [0.25, 0.3) is 0 Å². The van der Waals surface area contributed by atoms with Crippen molar-refractivity contribution in [3.63, 3.8) is 0 Å². The van der Waals surface area contributed by atoms with Crippen LogP contribution in [0.15, 0.2) is 4.99 Å². The fourth-order valence-corrected chi connectivity index (χ4v) is 0.802. The first-order valence-corrected chi connectivity index (χ1v) is 3.35. The molecule has 10 heavy (non-hydrogen) atoms. The molecule has 4 heteroatoms. The van der Waals surface area contributed by atoms with Gasteiger partial charge in [-0.05, 0) is 6.42 Å². The number of nitrogens with one attached hydrogen (secondary N) is 2. The van der Waals surface area contributed by atoms with Crippen LogP contribution < -0.4 is 10.9 Å². The van der Waals surface area contributed by atoms with Gasteiger partial charge in [0.2, 0.25) is 5.91 Å². The maximum absolute atomic E-state index is 10.4. The van der Waals surface area contributed by atoms with Crippen LogP contribution in [0.2, 0.25) is 0 Å². The number of amides is 1. The summed E-state index contributed by atoms with van der Waals surface area (Å²) in [5.41, 5.74) is 5.20. The van der Waals surface area contributed by atoms with Crippen molar-refractivity contribution in [2.45, 2.75) is 19.8 Å². The van der Waals surface area contributed by atoms with Crippen LogP contribution in [-0.4, -0.2) is 18.3 Å². The zero-order valence-electron chi connectivity index (χ0n) is 5.98. The first-order valence-electron chi connectivity index (χ1n) is 3.35. The summed E-state index contributed by atoms with van der Waals surface area (Å²) in [6, 6.07) is 0. The number of rotatable bonds is 0. The lowest BCUT2D eigenvalue weighted by atomic mass is 10.3. The molecule has 1 rings (SSSR count). The summed E-state index contributed by atoms with van der Waals surface area (Å²) in [7, 11) is 0. The molecule has 1 aliphatic rings. The maximum atomic E-state index is 10.4. The number of nitrogens with zero attached hydrogens (tertiary/aromatic N) is 1. The topological polar surface area (TPSA) is 53.5 Å². The van der Waals surface area contributed by atoms with Crippen LogP contribution in [0.5, 0.6) is 0 Å². The van der Waals surface area contributed by atoms with Gasteiger partial charge in [0.05, 0.1) is 0 Å². The molecule has 0 spiro atoms. The van der Waals surface area contributed by atoms with Gasteiger partial charge in [-0.3, -0.25) is 20.6 Å². The second-order valence-corrected chi connectivity index (χ2v) is 2.24. The molecular formula is C6H11N3O. The Morgan fingerprint density at radius 1 is 1.70 bits per heavy atom. The predicted molar refractivity (Wildman–Crippen MR) is 38.5 cm³/mol. The summed E-state index contributed by atoms with van der Waals surface area (Å²) in [4.78, 5) is 14.5. The Morgan fingerprint density at radius 2 is 2.50 bits per heavy atom. The zero-order valence-corrected chi connectivity index (χ0v) is 5.98. The van der Waals surface area contributed by atoms with E-state index in [1.807, 2.05) is 0 Å². The summed E-state index contributed by atoms with van der Waals surface area (Å²) in [6.45, 7) is 2.34. The quantitative estimate of drug-likeness (QED) is 0.460. The molecular weight excluding hydrogens is 130 g/mol. The van der Waals surface area contributed by atoms with Gasteiger partial charge in [-0.25, -0.2) is 0 Å². The zero-order chi connectivity index (χ0) is 7.40. The van der Waals surface area contributed by atoms with E-state index in [1.165, 1.54) is 6.92 Å². The molecule has 0 aromatic rings. The van der Waals surface area contributed by atoms with Gasteiger partial charge in [-0.2, -0.15) is 0 Å². The predicted octanol–water partition coefficient (Wildman–Crippen LogP) is -0.181. The van der Waals surface area contributed by atoms with E-state index in [1.54, 1.807) is 0 Å². The van der Waals surface area contributed by atoms with Crippen molar-refractivity contribution in [1.82, 2.24) is 10.9 Å². The highest BCUT2D eigenvalue weighted by atomic mass is 16.2. The van der Waals surface area contributed by atoms with E-state index >= 15 is 0 Å². The van der Waals surface area contributed by atoms with E-state index in [0.717, 1.165) is 25.2 Å². The number of carbonyl (C=O) groups excluding carboxylic acids is 1. The Hall–Kier alpha value is -1.06. The fourth-order valence-electron chi connectivity index (χ4n) is 0.802. The minimum absolute atomic E-state index is 0.0883. The van der Waals surface area contributed by atoms with Gasteiger partial charge in [0.15, 0.2) is 0 Å². The van der Waals surface area contributed by atoms with Crippen LogP contribution in [-0.2, 0) is 4.79 Å². The van der Waals surface area contributed by atoms with Crippen molar-refractivity contribution in [1.29, 1.82) is 0 Å². The fraction of sp³-hybridized carbons (Fsp3) is 0.667. The molecule has 1 heterocycles. The Kier molecular flexibility index (Phi) is 2.25. The van der Waals surface area contributed by atoms with E-state index in [2.05, 4.69) is 15.8 Å². The van der Waals surface area contributed by atoms with Gasteiger partial charge < -0.3 is 0 Å². The molecule has 0 saturated heterocycles. The van der Waals surface area contributed by atoms with E-state index in [-0.39, 0.29) is 5.91 Å². The highest BCUT2D eigenvalue weighted by molar-refractivity contribution is 5.85. The minimum atomic E-state index is -0.0883. The molecule has 0 bridgehead atoms. The second kappa shape index (κ2) is 3.20. The molecule has 0 saturated carbocycles. The molecule has 0 radical (unpaired) electrons. The summed E-state index contributed by atoms with van der Waals surface area (Å²) in [5.74, 6) is 0.796. The van der Waals surface area contributed by atoms with Crippen molar-refractivity contribution < 1.29 is 4.79 Å². The van der Waals surface area contributed by atoms with Gasteiger partial charge in [0.25, 0.3) is 0 Å². The molecule has 0 aromatic carbocycles. The van der Waals surface area contributed by atoms with Crippen LogP contribution >= 0.6 is 0 Å². The van der Waals surface area contributed by atoms with E-state index in [0.29, 0.717) is 0 Å². The third kappa shape index (κ3) is 2.05. The summed E-state index contributed by atoms with van der Waals surface area (Å²) >= 11 is 0. The van der Waals surface area contributed by atoms with Crippen molar-refractivity contribution in [2.24, 2.45) is 4.99 Å². The molecule has 0 aliphatic carbocycles. The molecule has 1 aliphatic heterocycles. The highest BCUT2D eigenvalue weighted by Gasteiger charge is 2.04. The average Bonchev–Trinajstić information content (AvgIpc) is 2.34. The molecule has 0 atom stereocenters. The van der Waals surface area contributed by atoms with Gasteiger partial charge in [0, 0.05) is 19.9 Å². The first kappa shape index (κ1) is 7.05. The summed E-state index contributed by atoms with van der Waals surface area (Å²) in [6.07, 6.45) is 2.03. The minimum Gasteiger partial charge on any atom is -0.286 e. The SMILES string of the molecule is CC(=O)NNC1=NCCC1. The summed E-state index contributed by atoms with van der Waals surface area (Å²) in [5, 5.41) is 0. The normalized spacial score (nSPS) is 16.3. The molecule has 2 N–H and O–H groups in total. The lowest BCUT2D eigenvalue weighted by molar-refractivity contribution is -0.119. The Labute approximate surface area is 59.7 Å². The van der Waals surface area contributed by atoms with E-state index in [9.17, 15) is 4.79 Å². The third-order valence-electron chi connectivity index (χ3n) is 1.26. The average molecular weight is 141 g/mol. The summed E-state index contributed by atoms with van der Waals surface area (Å²) < 4.78 is 0. The van der Waals surface area contributed by atoms with Gasteiger partial charge in [0.1, 0.15) is 5.84 Å². The number of aliphatic imine (C=N–C) groups is 1. The Morgan fingerprint density at radius 3 is 3.00 bits per heavy atom. The van der Waals surface area contributed by atoms with Crippen molar-refractivity contribution >= 4 is 11.7 Å². The lowest BCUT2D eigenvalue weighted by Gasteiger charge is -2.03. The van der Waals surface area contributed by atoms with Crippen molar-refractivity contribution in [2.75, 3.05) is 6.54 Å². The number of hydrogen-bond donors (Lipinski definition) is 2. The number of hydrazine groups is 1. The molecule has 0 aromatic heterocycles. The Bertz CT molecular complexity index is 164. The van der Waals surface area contributed by atoms with Crippen LogP contribution in [0.3, 0.4) is 0 Å². The maximum Gasteiger partial charge on any atom is 0.235 e. The Balaban J connectivity index is 2.19. The highest BCUT2D eigenvalue weighted by Crippen LogP contribution is 1.99. The van der Waals surface area contributed by atoms with Crippen LogP contribution in [0.1, 0.15) is 19.8 Å². The number of amidine groups is 1. The number of carbonyl (C=O) groups is 1. The van der Waals surface area contributed by atoms with Gasteiger partial charge in [-0.15, -0.1) is 0 Å². The first-order chi connectivity index (χ1) is 4.79. The molecule has 4 nitrogen and oxygen atoms in total. The molecule has 0 unspecified atom stereocenters. The van der Waals surface area contributed by atoms with Crippen molar-refractivity contribution in [3.05, 3.63) is 0 Å². The van der Waals surface area contributed by atoms with Gasteiger partial charge >= 0.3 is 0 Å². The smallest absolute Gasteiger partial charge is 0.235 e. The molecule has 56 valence electrons. The van der Waals surface area contributed by atoms with Crippen LogP contribution in [0, 0.1) is 0 Å². The van der Waals surface area contributed by atoms with Crippen molar-refractivity contribution in [3.8, 4) is 0 Å². The van der Waals surface area contributed by atoms with E-state index in [4.69, 9.17) is 0 Å². The van der Waals surface area contributed by atoms with Crippen LogP contribution in [0.4, 0.5) is 0 Å². The van der Waals surface area contributed by atoms with E-state index < -0.39 is 0 Å². The third-order valence-corrected chi connectivity index (χ3v) is 1.26. The standard InChI is InChI=1S/C6H11N3O/c1-5(10)8-9-6-3-2-4-7-6/h2-4H2,1H3,(H,7,9)(H,8,10). The van der Waals surface area contributed by atoms with Gasteiger partial charge in [-0.1, -0.05) is 0 Å².